The molecule has 0 aliphatic carbocycles. The second-order valence-corrected chi connectivity index (χ2v) is 9.53. The zero-order valence-corrected chi connectivity index (χ0v) is 21.7. The van der Waals surface area contributed by atoms with Crippen LogP contribution in [0, 0.1) is 0 Å². The number of hydrogen-bond donors (Lipinski definition) is 6. The lowest BCUT2D eigenvalue weighted by molar-refractivity contribution is -0.0355. The minimum absolute atomic E-state index is 0.0168. The second-order valence-electron chi connectivity index (χ2n) is 9.19. The first-order valence-electron chi connectivity index (χ1n) is 12.3. The van der Waals surface area contributed by atoms with Crippen LogP contribution in [-0.2, 0) is 9.47 Å². The number of imidazole rings is 2. The molecule has 4 aromatic rings. The maximum absolute atomic E-state index is 10.1. The van der Waals surface area contributed by atoms with Crippen LogP contribution in [0.5, 0.6) is 0 Å². The van der Waals surface area contributed by atoms with Gasteiger partial charge < -0.3 is 41.4 Å². The number of fused-ring (bicyclic) bond motifs is 2. The van der Waals surface area contributed by atoms with E-state index in [9.17, 15) is 20.4 Å². The lowest BCUT2D eigenvalue weighted by Gasteiger charge is -2.16. The lowest BCUT2D eigenvalue weighted by atomic mass is 10.1. The van der Waals surface area contributed by atoms with Gasteiger partial charge in [-0.3, -0.25) is 9.13 Å². The van der Waals surface area contributed by atoms with Gasteiger partial charge in [0.1, 0.15) is 41.8 Å². The summed E-state index contributed by atoms with van der Waals surface area (Å²) in [7, 11) is 0. The fourth-order valence-corrected chi connectivity index (χ4v) is 4.92. The predicted molar refractivity (Wildman–Crippen MR) is 137 cm³/mol. The molecule has 0 unspecified atom stereocenters. The van der Waals surface area contributed by atoms with E-state index in [0.717, 1.165) is 0 Å². The average molecular weight is 565 g/mol. The Labute approximate surface area is 226 Å². The monoisotopic (exact) mass is 564 g/mol. The third-order valence-corrected chi connectivity index (χ3v) is 7.00. The zero-order chi connectivity index (χ0) is 28.0. The number of aliphatic hydroxyl groups excluding tert-OH is 4. The van der Waals surface area contributed by atoms with Crippen molar-refractivity contribution in [3.8, 4) is 0 Å². The number of nitrogen functional groups attached to an aromatic ring is 2. The number of anilines is 2. The fraction of sp³-hybridized carbons (Fsp3) is 0.545. The molecule has 2 aliphatic heterocycles. The van der Waals surface area contributed by atoms with Crippen LogP contribution in [0.2, 0.25) is 5.28 Å². The Bertz CT molecular complexity index is 1470. The molecule has 0 spiro atoms. The van der Waals surface area contributed by atoms with E-state index >= 15 is 0 Å². The highest BCUT2D eigenvalue weighted by atomic mass is 35.5. The Hall–Kier alpha value is -3.25. The van der Waals surface area contributed by atoms with Gasteiger partial charge >= 0.3 is 0 Å². The molecule has 0 aromatic carbocycles. The Morgan fingerprint density at radius 2 is 1.26 bits per heavy atom. The highest BCUT2D eigenvalue weighted by Crippen LogP contribution is 2.34. The summed E-state index contributed by atoms with van der Waals surface area (Å²) in [5.41, 5.74) is 13.1. The first kappa shape index (κ1) is 27.3. The van der Waals surface area contributed by atoms with Crippen LogP contribution in [0.3, 0.4) is 0 Å². The molecule has 2 saturated heterocycles. The van der Waals surface area contributed by atoms with E-state index in [1.54, 1.807) is 4.57 Å². The molecule has 0 bridgehead atoms. The van der Waals surface area contributed by atoms with Gasteiger partial charge in [-0.2, -0.15) is 9.97 Å². The molecule has 16 nitrogen and oxygen atoms in total. The maximum Gasteiger partial charge on any atom is 0.226 e. The number of aromatic nitrogens is 8. The van der Waals surface area contributed by atoms with E-state index in [1.807, 2.05) is 13.8 Å². The lowest BCUT2D eigenvalue weighted by Crippen LogP contribution is -2.31. The molecular weight excluding hydrogens is 536 g/mol. The Balaban J connectivity index is 0.000000158. The molecule has 0 saturated carbocycles. The van der Waals surface area contributed by atoms with Crippen LogP contribution in [-0.4, -0.2) is 96.1 Å². The molecule has 8 N–H and O–H groups in total. The SMILES string of the molecule is CC[C@H]1O[C@@H](n2cnc3c(N)nc(Cl)nc32)[C@H](O)[C@@H]1O.CC[C@H]1O[C@@H](n2cnc3c(N)ncnc32)[C@H](O)[C@@H]1O. The standard InChI is InChI=1S/C11H14ClN5O3.C11H15N5O3/c1-2-4-6(18)7(19)10(20-4)17-3-14-5-8(13)15-11(12)16-9(5)17;1-2-5-7(17)8(18)11(19-5)16-4-15-6-9(12)13-3-14-10(6)16/h3-4,6-7,10,18-19H,2H2,1H3,(H2,13,15,16);3-5,7-8,11,17-18H,2H2,1H3,(H2,12,13,14)/t4-,6-,7-,10-;5-,7-,8-,11-/m11/s1. The molecule has 39 heavy (non-hydrogen) atoms. The van der Waals surface area contributed by atoms with E-state index in [1.165, 1.54) is 23.5 Å². The number of nitrogens with zero attached hydrogens (tertiary/aromatic N) is 8. The van der Waals surface area contributed by atoms with Gasteiger partial charge in [0.2, 0.25) is 5.28 Å². The van der Waals surface area contributed by atoms with E-state index in [-0.39, 0.29) is 16.9 Å². The van der Waals surface area contributed by atoms with Crippen LogP contribution in [0.1, 0.15) is 39.1 Å². The van der Waals surface area contributed by atoms with E-state index < -0.39 is 49.1 Å². The minimum atomic E-state index is -1.08. The maximum atomic E-state index is 10.1. The summed E-state index contributed by atoms with van der Waals surface area (Å²) in [5.74, 6) is 0.419. The molecule has 17 heteroatoms. The quantitative estimate of drug-likeness (QED) is 0.172. The summed E-state index contributed by atoms with van der Waals surface area (Å²) in [6.07, 6.45) is -0.917. The summed E-state index contributed by atoms with van der Waals surface area (Å²) < 4.78 is 14.4. The number of aliphatic hydroxyl groups is 4. The van der Waals surface area contributed by atoms with Crippen molar-refractivity contribution >= 4 is 45.6 Å². The second kappa shape index (κ2) is 10.7. The van der Waals surface area contributed by atoms with Crippen LogP contribution in [0.4, 0.5) is 11.6 Å². The summed E-state index contributed by atoms with van der Waals surface area (Å²) >= 11 is 5.78. The Morgan fingerprint density at radius 3 is 1.77 bits per heavy atom. The number of rotatable bonds is 4. The van der Waals surface area contributed by atoms with Crippen molar-refractivity contribution in [2.75, 3.05) is 11.5 Å². The van der Waals surface area contributed by atoms with E-state index in [4.69, 9.17) is 32.5 Å². The largest absolute Gasteiger partial charge is 0.388 e. The molecule has 2 fully saturated rings. The van der Waals surface area contributed by atoms with Crippen molar-refractivity contribution < 1.29 is 29.9 Å². The molecule has 6 heterocycles. The Kier molecular flexibility index (Phi) is 7.51. The third kappa shape index (κ3) is 4.73. The van der Waals surface area contributed by atoms with Gasteiger partial charge in [0.05, 0.1) is 24.9 Å². The van der Waals surface area contributed by atoms with Gasteiger partial charge in [-0.15, -0.1) is 0 Å². The van der Waals surface area contributed by atoms with Gasteiger partial charge in [-0.1, -0.05) is 13.8 Å². The highest BCUT2D eigenvalue weighted by molar-refractivity contribution is 6.28. The van der Waals surface area contributed by atoms with Crippen molar-refractivity contribution in [2.45, 2.75) is 75.8 Å². The number of halogens is 1. The van der Waals surface area contributed by atoms with Crippen LogP contribution >= 0.6 is 11.6 Å². The molecule has 4 aromatic heterocycles. The fourth-order valence-electron chi connectivity index (χ4n) is 4.75. The average Bonchev–Trinajstić information content (AvgIpc) is 3.66. The smallest absolute Gasteiger partial charge is 0.226 e. The molecule has 6 rings (SSSR count). The van der Waals surface area contributed by atoms with Crippen molar-refractivity contribution in [2.24, 2.45) is 0 Å². The summed E-state index contributed by atoms with van der Waals surface area (Å²) in [6.45, 7) is 3.75. The summed E-state index contributed by atoms with van der Waals surface area (Å²) in [6, 6.07) is 0. The van der Waals surface area contributed by atoms with Gasteiger partial charge in [-0.25, -0.2) is 19.9 Å². The molecular formula is C22H29ClN10O6. The van der Waals surface area contributed by atoms with E-state index in [2.05, 4.69) is 29.9 Å². The van der Waals surface area contributed by atoms with Crippen LogP contribution in [0.25, 0.3) is 22.3 Å². The molecule has 0 radical (unpaired) electrons. The molecule has 2 aliphatic rings. The van der Waals surface area contributed by atoms with Gasteiger partial charge in [0.15, 0.2) is 35.4 Å². The first-order valence-corrected chi connectivity index (χ1v) is 12.7. The van der Waals surface area contributed by atoms with Gasteiger partial charge in [-0.05, 0) is 24.4 Å². The normalized spacial score (nSPS) is 30.6. The molecule has 0 amide bonds. The highest BCUT2D eigenvalue weighted by Gasteiger charge is 2.44. The van der Waals surface area contributed by atoms with Crippen molar-refractivity contribution in [1.82, 2.24) is 39.0 Å². The summed E-state index contributed by atoms with van der Waals surface area (Å²) in [4.78, 5) is 24.0. The van der Waals surface area contributed by atoms with Crippen LogP contribution in [0.15, 0.2) is 19.0 Å². The number of ether oxygens (including phenoxy) is 2. The van der Waals surface area contributed by atoms with E-state index in [0.29, 0.717) is 35.2 Å². The number of hydrogen-bond acceptors (Lipinski definition) is 14. The zero-order valence-electron chi connectivity index (χ0n) is 21.0. The van der Waals surface area contributed by atoms with Crippen molar-refractivity contribution in [1.29, 1.82) is 0 Å². The third-order valence-electron chi connectivity index (χ3n) is 6.84. The molecule has 210 valence electrons. The van der Waals surface area contributed by atoms with Crippen LogP contribution < -0.4 is 11.5 Å². The predicted octanol–water partition coefficient (Wildman–Crippen LogP) is -0.471. The molecule has 8 atom stereocenters. The first-order chi connectivity index (χ1) is 18.7. The Morgan fingerprint density at radius 1 is 0.744 bits per heavy atom. The number of nitrogens with two attached hydrogens (primary N) is 2. The van der Waals surface area contributed by atoms with Gasteiger partial charge in [0.25, 0.3) is 0 Å². The minimum Gasteiger partial charge on any atom is -0.388 e. The van der Waals surface area contributed by atoms with Crippen molar-refractivity contribution in [3.05, 3.63) is 24.3 Å². The van der Waals surface area contributed by atoms with Crippen molar-refractivity contribution in [3.63, 3.8) is 0 Å². The van der Waals surface area contributed by atoms with Gasteiger partial charge in [0, 0.05) is 0 Å². The topological polar surface area (TPSA) is 239 Å². The summed E-state index contributed by atoms with van der Waals surface area (Å²) in [5, 5.41) is 39.9.